The Morgan fingerprint density at radius 3 is 2.62 bits per heavy atom. The van der Waals surface area contributed by atoms with Crippen LogP contribution in [-0.2, 0) is 7.05 Å². The Balaban J connectivity index is 2.13. The van der Waals surface area contributed by atoms with Crippen LogP contribution in [0.5, 0.6) is 0 Å². The topological polar surface area (TPSA) is 45.6 Å². The lowest BCUT2D eigenvalue weighted by atomic mass is 10.1. The van der Waals surface area contributed by atoms with E-state index in [4.69, 9.17) is 0 Å². The number of nitrogens with zero attached hydrogens (tertiary/aromatic N) is 3. The van der Waals surface area contributed by atoms with Crippen LogP contribution in [-0.4, -0.2) is 52.0 Å². The van der Waals surface area contributed by atoms with Crippen molar-refractivity contribution in [1.29, 1.82) is 0 Å². The molecule has 1 aromatic heterocycles. The SMILES string of the molecule is CC[C@H]1CN(C(=O)c2ccc(=O)n(C)c2)CCN1C(C)C. The van der Waals surface area contributed by atoms with Crippen molar-refractivity contribution in [3.8, 4) is 0 Å². The van der Waals surface area contributed by atoms with Crippen LogP contribution in [0, 0.1) is 0 Å². The molecule has 21 heavy (non-hydrogen) atoms. The molecule has 0 aliphatic carbocycles. The molecular weight excluding hydrogens is 266 g/mol. The number of carbonyl (C=O) groups excluding carboxylic acids is 1. The Morgan fingerprint density at radius 1 is 1.33 bits per heavy atom. The molecule has 2 rings (SSSR count). The van der Waals surface area contributed by atoms with E-state index in [0.717, 1.165) is 26.1 Å². The molecule has 0 unspecified atom stereocenters. The van der Waals surface area contributed by atoms with E-state index < -0.39 is 0 Å². The third kappa shape index (κ3) is 3.35. The molecule has 1 aliphatic rings. The van der Waals surface area contributed by atoms with Crippen LogP contribution in [0.3, 0.4) is 0 Å². The average molecular weight is 291 g/mol. The third-order valence-corrected chi connectivity index (χ3v) is 4.28. The largest absolute Gasteiger partial charge is 0.336 e. The molecule has 0 N–H and O–H groups in total. The molecule has 1 fully saturated rings. The summed E-state index contributed by atoms with van der Waals surface area (Å²) in [6.07, 6.45) is 2.66. The second-order valence-electron chi connectivity index (χ2n) is 6.01. The fourth-order valence-corrected chi connectivity index (χ4v) is 3.00. The van der Waals surface area contributed by atoms with Gasteiger partial charge in [-0.25, -0.2) is 0 Å². The van der Waals surface area contributed by atoms with Crippen LogP contribution in [0.15, 0.2) is 23.1 Å². The number of aromatic nitrogens is 1. The number of hydrogen-bond acceptors (Lipinski definition) is 3. The molecule has 1 aliphatic heterocycles. The fraction of sp³-hybridized carbons (Fsp3) is 0.625. The lowest BCUT2D eigenvalue weighted by Crippen LogP contribution is -2.56. The quantitative estimate of drug-likeness (QED) is 0.844. The van der Waals surface area contributed by atoms with Gasteiger partial charge in [-0.3, -0.25) is 14.5 Å². The number of hydrogen-bond donors (Lipinski definition) is 0. The number of pyridine rings is 1. The predicted molar refractivity (Wildman–Crippen MR) is 83.5 cm³/mol. The maximum Gasteiger partial charge on any atom is 0.255 e. The molecule has 0 spiro atoms. The van der Waals surface area contributed by atoms with Crippen LogP contribution in [0.1, 0.15) is 37.6 Å². The van der Waals surface area contributed by atoms with Gasteiger partial charge >= 0.3 is 0 Å². The van der Waals surface area contributed by atoms with Gasteiger partial charge in [-0.05, 0) is 26.3 Å². The van der Waals surface area contributed by atoms with Crippen molar-refractivity contribution in [2.24, 2.45) is 7.05 Å². The monoisotopic (exact) mass is 291 g/mol. The van der Waals surface area contributed by atoms with E-state index >= 15 is 0 Å². The minimum absolute atomic E-state index is 0.0208. The van der Waals surface area contributed by atoms with Crippen molar-refractivity contribution in [3.63, 3.8) is 0 Å². The zero-order chi connectivity index (χ0) is 15.6. The smallest absolute Gasteiger partial charge is 0.255 e. The van der Waals surface area contributed by atoms with E-state index in [-0.39, 0.29) is 11.5 Å². The van der Waals surface area contributed by atoms with Gasteiger partial charge in [0.25, 0.3) is 5.91 Å². The Labute approximate surface area is 126 Å². The van der Waals surface area contributed by atoms with Crippen molar-refractivity contribution in [2.75, 3.05) is 19.6 Å². The molecule has 0 bridgehead atoms. The van der Waals surface area contributed by atoms with Gasteiger partial charge in [0.1, 0.15) is 0 Å². The predicted octanol–water partition coefficient (Wildman–Crippen LogP) is 1.33. The molecule has 2 heterocycles. The average Bonchev–Trinajstić information content (AvgIpc) is 2.48. The van der Waals surface area contributed by atoms with Gasteiger partial charge in [-0.15, -0.1) is 0 Å². The lowest BCUT2D eigenvalue weighted by Gasteiger charge is -2.43. The van der Waals surface area contributed by atoms with Crippen molar-refractivity contribution in [3.05, 3.63) is 34.2 Å². The van der Waals surface area contributed by atoms with E-state index in [1.54, 1.807) is 19.3 Å². The zero-order valence-electron chi connectivity index (χ0n) is 13.4. The highest BCUT2D eigenvalue weighted by Gasteiger charge is 2.30. The fourth-order valence-electron chi connectivity index (χ4n) is 3.00. The van der Waals surface area contributed by atoms with Crippen molar-refractivity contribution < 1.29 is 4.79 Å². The molecule has 0 saturated carbocycles. The molecular formula is C16H25N3O2. The van der Waals surface area contributed by atoms with Gasteiger partial charge in [0, 0.05) is 51.0 Å². The summed E-state index contributed by atoms with van der Waals surface area (Å²) >= 11 is 0. The molecule has 1 saturated heterocycles. The number of aryl methyl sites for hydroxylation is 1. The van der Waals surface area contributed by atoms with E-state index in [1.165, 1.54) is 10.6 Å². The minimum Gasteiger partial charge on any atom is -0.336 e. The van der Waals surface area contributed by atoms with E-state index in [0.29, 0.717) is 17.6 Å². The lowest BCUT2D eigenvalue weighted by molar-refractivity contribution is 0.0371. The van der Waals surface area contributed by atoms with Crippen LogP contribution in [0.2, 0.25) is 0 Å². The first-order valence-electron chi connectivity index (χ1n) is 7.65. The highest BCUT2D eigenvalue weighted by Crippen LogP contribution is 2.17. The van der Waals surface area contributed by atoms with Gasteiger partial charge in [0.05, 0.1) is 5.56 Å². The first kappa shape index (κ1) is 15.8. The van der Waals surface area contributed by atoms with E-state index in [9.17, 15) is 9.59 Å². The molecule has 1 aromatic rings. The summed E-state index contributed by atoms with van der Waals surface area (Å²) < 4.78 is 1.45. The second-order valence-corrected chi connectivity index (χ2v) is 6.01. The highest BCUT2D eigenvalue weighted by atomic mass is 16.2. The van der Waals surface area contributed by atoms with Gasteiger partial charge in [-0.2, -0.15) is 0 Å². The molecule has 1 amide bonds. The number of piperazine rings is 1. The summed E-state index contributed by atoms with van der Waals surface area (Å²) in [5, 5.41) is 0. The third-order valence-electron chi connectivity index (χ3n) is 4.28. The summed E-state index contributed by atoms with van der Waals surface area (Å²) in [5.41, 5.74) is 0.493. The van der Waals surface area contributed by atoms with Crippen molar-refractivity contribution in [2.45, 2.75) is 39.3 Å². The standard InChI is InChI=1S/C16H25N3O2/c1-5-14-11-18(8-9-19(14)12(2)3)16(21)13-6-7-15(20)17(4)10-13/h6-7,10,12,14H,5,8-9,11H2,1-4H3/t14-/m0/s1. The molecule has 5 nitrogen and oxygen atoms in total. The van der Waals surface area contributed by atoms with Crippen LogP contribution in [0.4, 0.5) is 0 Å². The van der Waals surface area contributed by atoms with Crippen molar-refractivity contribution in [1.82, 2.24) is 14.4 Å². The van der Waals surface area contributed by atoms with Gasteiger partial charge in [0.15, 0.2) is 0 Å². The first-order chi connectivity index (χ1) is 9.93. The Bertz CT molecular complexity index is 565. The summed E-state index contributed by atoms with van der Waals surface area (Å²) in [4.78, 5) is 28.4. The molecule has 0 radical (unpaired) electrons. The zero-order valence-corrected chi connectivity index (χ0v) is 13.4. The maximum atomic E-state index is 12.6. The van der Waals surface area contributed by atoms with Gasteiger partial charge in [-0.1, -0.05) is 6.92 Å². The number of amides is 1. The normalized spacial score (nSPS) is 20.0. The summed E-state index contributed by atoms with van der Waals surface area (Å²) in [6.45, 7) is 8.99. The van der Waals surface area contributed by atoms with Crippen molar-refractivity contribution >= 4 is 5.91 Å². The molecule has 5 heteroatoms. The van der Waals surface area contributed by atoms with Gasteiger partial charge in [0.2, 0.25) is 5.56 Å². The Morgan fingerprint density at radius 2 is 2.05 bits per heavy atom. The Hall–Kier alpha value is -1.62. The highest BCUT2D eigenvalue weighted by molar-refractivity contribution is 5.94. The summed E-state index contributed by atoms with van der Waals surface area (Å²) in [6, 6.07) is 4.00. The Kier molecular flexibility index (Phi) is 4.83. The first-order valence-corrected chi connectivity index (χ1v) is 7.65. The van der Waals surface area contributed by atoms with Crippen LogP contribution < -0.4 is 5.56 Å². The second kappa shape index (κ2) is 6.43. The number of rotatable bonds is 3. The van der Waals surface area contributed by atoms with Gasteiger partial charge < -0.3 is 9.47 Å². The van der Waals surface area contributed by atoms with Crippen LogP contribution in [0.25, 0.3) is 0 Å². The summed E-state index contributed by atoms with van der Waals surface area (Å²) in [7, 11) is 1.67. The molecule has 0 aromatic carbocycles. The minimum atomic E-state index is -0.0948. The van der Waals surface area contributed by atoms with Crippen LogP contribution >= 0.6 is 0 Å². The molecule has 1 atom stereocenters. The summed E-state index contributed by atoms with van der Waals surface area (Å²) in [5.74, 6) is 0.0208. The maximum absolute atomic E-state index is 12.6. The van der Waals surface area contributed by atoms with E-state index in [1.807, 2.05) is 4.90 Å². The van der Waals surface area contributed by atoms with E-state index in [2.05, 4.69) is 25.7 Å². The molecule has 116 valence electrons. The number of carbonyl (C=O) groups is 1.